The lowest BCUT2D eigenvalue weighted by Gasteiger charge is -2.03. The highest BCUT2D eigenvalue weighted by Gasteiger charge is 2.55. The van der Waals surface area contributed by atoms with Crippen LogP contribution in [0, 0.1) is 0 Å². The van der Waals surface area contributed by atoms with Crippen LogP contribution in [0.25, 0.3) is 0 Å². The van der Waals surface area contributed by atoms with Crippen LogP contribution in [0.15, 0.2) is 12.4 Å². The van der Waals surface area contributed by atoms with Crippen molar-refractivity contribution < 1.29 is 17.8 Å². The lowest BCUT2D eigenvalue weighted by atomic mass is 11.3. The average molecular weight is 153 g/mol. The smallest absolute Gasteiger partial charge is 0.247 e. The molecule has 0 spiro atoms. The third-order valence-electron chi connectivity index (χ3n) is 0.585. The van der Waals surface area contributed by atoms with Crippen molar-refractivity contribution in [2.24, 2.45) is 0 Å². The van der Waals surface area contributed by atoms with Gasteiger partial charge in [0.2, 0.25) is 0 Å². The molecule has 0 aromatic rings. The van der Waals surface area contributed by atoms with E-state index in [0.29, 0.717) is 0 Å². The van der Waals surface area contributed by atoms with Crippen molar-refractivity contribution >= 4 is 15.9 Å². The minimum absolute atomic E-state index is 1.02. The molecule has 44 valence electrons. The van der Waals surface area contributed by atoms with Gasteiger partial charge in [-0.2, -0.15) is 0 Å². The van der Waals surface area contributed by atoms with Gasteiger partial charge in [-0.25, -0.2) is 4.57 Å². The predicted octanol–water partition coefficient (Wildman–Crippen LogP) is 2.03. The Bertz CT molecular complexity index is 172. The van der Waals surface area contributed by atoms with Crippen LogP contribution in [-0.4, -0.2) is 0 Å². The molecule has 1 aliphatic rings. The van der Waals surface area contributed by atoms with Crippen molar-refractivity contribution in [2.45, 2.75) is 0 Å². The molecule has 0 unspecified atom stereocenters. The minimum atomic E-state index is -3.05. The Morgan fingerprint density at radius 3 is 2.25 bits per heavy atom. The fourth-order valence-electron chi connectivity index (χ4n) is 0.259. The SMILES string of the molecule is C=CP1(=O)O[P+](=O)O1. The first-order valence-electron chi connectivity index (χ1n) is 1.76. The summed E-state index contributed by atoms with van der Waals surface area (Å²) in [5, 5.41) is 0. The summed E-state index contributed by atoms with van der Waals surface area (Å²) < 4.78 is 28.9. The topological polar surface area (TPSA) is 52.6 Å². The molecule has 1 aliphatic heterocycles. The number of hydrogen-bond acceptors (Lipinski definition) is 4. The maximum Gasteiger partial charge on any atom is 0.716 e. The summed E-state index contributed by atoms with van der Waals surface area (Å²) >= 11 is 0. The zero-order chi connectivity index (χ0) is 6.20. The van der Waals surface area contributed by atoms with Crippen LogP contribution in [0.2, 0.25) is 0 Å². The maximum atomic E-state index is 10.5. The first-order chi connectivity index (χ1) is 3.66. The van der Waals surface area contributed by atoms with E-state index in [0.717, 1.165) is 5.82 Å². The van der Waals surface area contributed by atoms with Gasteiger partial charge in [-0.15, -0.1) is 0 Å². The average Bonchev–Trinajstić information content (AvgIpc) is 1.63. The Morgan fingerprint density at radius 1 is 1.62 bits per heavy atom. The largest absolute Gasteiger partial charge is 0.716 e. The third kappa shape index (κ3) is 0.884. The Hall–Kier alpha value is -0.0100. The highest BCUT2D eigenvalue weighted by molar-refractivity contribution is 7.74. The molecular weight excluding hydrogens is 150 g/mol. The van der Waals surface area contributed by atoms with E-state index in [2.05, 4.69) is 15.2 Å². The van der Waals surface area contributed by atoms with Crippen LogP contribution < -0.4 is 0 Å². The molecule has 0 radical (unpaired) electrons. The lowest BCUT2D eigenvalue weighted by Crippen LogP contribution is -1.90. The summed E-state index contributed by atoms with van der Waals surface area (Å²) in [5.74, 6) is 1.02. The molecule has 0 atom stereocenters. The monoisotopic (exact) mass is 153 g/mol. The van der Waals surface area contributed by atoms with Gasteiger partial charge in [0.1, 0.15) is 0 Å². The van der Waals surface area contributed by atoms with Crippen LogP contribution in [-0.2, 0) is 17.8 Å². The maximum absolute atomic E-state index is 10.5. The molecule has 0 bridgehead atoms. The molecule has 0 saturated carbocycles. The third-order valence-corrected chi connectivity index (χ3v) is 3.92. The van der Waals surface area contributed by atoms with Crippen molar-refractivity contribution in [3.63, 3.8) is 0 Å². The predicted molar refractivity (Wildman–Crippen MR) is 27.6 cm³/mol. The van der Waals surface area contributed by atoms with E-state index < -0.39 is 15.9 Å². The van der Waals surface area contributed by atoms with Crippen molar-refractivity contribution in [3.05, 3.63) is 12.4 Å². The zero-order valence-corrected chi connectivity index (χ0v) is 5.60. The van der Waals surface area contributed by atoms with Gasteiger partial charge in [0.05, 0.1) is 0 Å². The molecule has 0 aliphatic carbocycles. The second-order valence-electron chi connectivity index (χ2n) is 1.11. The van der Waals surface area contributed by atoms with E-state index in [1.54, 1.807) is 0 Å². The van der Waals surface area contributed by atoms with Crippen molar-refractivity contribution in [2.75, 3.05) is 0 Å². The van der Waals surface area contributed by atoms with Crippen LogP contribution >= 0.6 is 15.9 Å². The van der Waals surface area contributed by atoms with Gasteiger partial charge in [-0.05, 0) is 8.62 Å². The normalized spacial score (nSPS) is 40.8. The molecule has 6 heteroatoms. The first-order valence-corrected chi connectivity index (χ1v) is 4.47. The van der Waals surface area contributed by atoms with Gasteiger partial charge < -0.3 is 0 Å². The van der Waals surface area contributed by atoms with E-state index >= 15 is 0 Å². The Morgan fingerprint density at radius 2 is 2.12 bits per heavy atom. The molecule has 0 amide bonds. The van der Waals surface area contributed by atoms with Crippen molar-refractivity contribution in [1.29, 1.82) is 0 Å². The zero-order valence-electron chi connectivity index (χ0n) is 3.81. The van der Waals surface area contributed by atoms with Gasteiger partial charge in [0.15, 0.2) is 0 Å². The van der Waals surface area contributed by atoms with E-state index in [4.69, 9.17) is 0 Å². The number of hydrogen-bond donors (Lipinski definition) is 0. The van der Waals surface area contributed by atoms with E-state index in [9.17, 15) is 9.13 Å². The highest BCUT2D eigenvalue weighted by atomic mass is 31.3. The quantitative estimate of drug-likeness (QED) is 0.540. The molecule has 8 heavy (non-hydrogen) atoms. The fourth-order valence-corrected chi connectivity index (χ4v) is 2.33. The fraction of sp³-hybridized carbons (Fsp3) is 0. The second-order valence-corrected chi connectivity index (χ2v) is 4.31. The molecule has 1 saturated heterocycles. The summed E-state index contributed by atoms with van der Waals surface area (Å²) in [6.45, 7) is 3.15. The minimum Gasteiger partial charge on any atom is -0.247 e. The summed E-state index contributed by atoms with van der Waals surface area (Å²) in [5.41, 5.74) is 0. The molecule has 1 rings (SSSR count). The van der Waals surface area contributed by atoms with Gasteiger partial charge in [0.25, 0.3) is 0 Å². The van der Waals surface area contributed by atoms with E-state index in [1.807, 2.05) is 0 Å². The molecular formula is C2H3O4P2+. The molecule has 1 fully saturated rings. The molecule has 0 aromatic carbocycles. The van der Waals surface area contributed by atoms with Gasteiger partial charge >= 0.3 is 15.9 Å². The van der Waals surface area contributed by atoms with Crippen LogP contribution in [0.3, 0.4) is 0 Å². The Labute approximate surface area is 47.0 Å². The highest BCUT2D eigenvalue weighted by Crippen LogP contribution is 2.72. The van der Waals surface area contributed by atoms with E-state index in [-0.39, 0.29) is 0 Å². The van der Waals surface area contributed by atoms with Crippen LogP contribution in [0.4, 0.5) is 0 Å². The molecule has 0 N–H and O–H groups in total. The van der Waals surface area contributed by atoms with E-state index in [1.165, 1.54) is 0 Å². The summed E-state index contributed by atoms with van der Waals surface area (Å²) in [6, 6.07) is 0. The van der Waals surface area contributed by atoms with Crippen LogP contribution in [0.1, 0.15) is 0 Å². The van der Waals surface area contributed by atoms with Crippen molar-refractivity contribution in [1.82, 2.24) is 0 Å². The molecule has 1 heterocycles. The molecule has 0 aromatic heterocycles. The van der Waals surface area contributed by atoms with Crippen LogP contribution in [0.5, 0.6) is 0 Å². The standard InChI is InChI=1S/C2H3O4P2/c1-2-8(4)5-7(3)6-8/h2H,1H2/q+1. The van der Waals surface area contributed by atoms with Gasteiger partial charge in [-0.1, -0.05) is 6.58 Å². The Balaban J connectivity index is 2.66. The lowest BCUT2D eigenvalue weighted by molar-refractivity contribution is 0.308. The Kier molecular flexibility index (Phi) is 1.33. The number of rotatable bonds is 1. The van der Waals surface area contributed by atoms with Crippen molar-refractivity contribution in [3.8, 4) is 0 Å². The van der Waals surface area contributed by atoms with Gasteiger partial charge in [0, 0.05) is 10.4 Å². The second kappa shape index (κ2) is 1.74. The molecule has 4 nitrogen and oxygen atoms in total. The summed E-state index contributed by atoms with van der Waals surface area (Å²) in [7, 11) is -5.15. The first kappa shape index (κ1) is 6.12. The van der Waals surface area contributed by atoms with Gasteiger partial charge in [-0.3, -0.25) is 0 Å². The summed E-state index contributed by atoms with van der Waals surface area (Å²) in [4.78, 5) is 0. The summed E-state index contributed by atoms with van der Waals surface area (Å²) in [6.07, 6.45) is 0.